The minimum Gasteiger partial charge on any atom is -0.466 e. The second-order valence-corrected chi connectivity index (χ2v) is 11.8. The topological polar surface area (TPSA) is 109 Å². The standard InChI is InChI=1S/C27H42BrN3O7/c1-3-9-30(12-11-29-13-16-36-17-14-29)25(34)23-27-18-19(28)22(38-27)20(26(35)37-4-2)21(27)24(33)31(23)10-7-5-6-8-15-32/h3,19-23,32H,1,4-18H2,2H3/t19?,20-,21+,22-,23-,27+/m0/s1. The van der Waals surface area contributed by atoms with E-state index in [4.69, 9.17) is 19.3 Å². The maximum atomic E-state index is 14.3. The summed E-state index contributed by atoms with van der Waals surface area (Å²) in [6.07, 6.45) is 4.78. The highest BCUT2D eigenvalue weighted by molar-refractivity contribution is 9.09. The molecule has 0 aromatic rings. The fourth-order valence-corrected chi connectivity index (χ4v) is 7.55. The van der Waals surface area contributed by atoms with Gasteiger partial charge in [-0.2, -0.15) is 0 Å². The molecule has 0 saturated carbocycles. The van der Waals surface area contributed by atoms with Gasteiger partial charge in [-0.15, -0.1) is 6.58 Å². The van der Waals surface area contributed by atoms with Crippen molar-refractivity contribution in [1.82, 2.24) is 14.7 Å². The van der Waals surface area contributed by atoms with Crippen molar-refractivity contribution >= 4 is 33.7 Å². The number of hydrogen-bond donors (Lipinski definition) is 1. The van der Waals surface area contributed by atoms with Crippen LogP contribution in [0.5, 0.6) is 0 Å². The minimum atomic E-state index is -1.08. The molecule has 0 aromatic carbocycles. The number of ether oxygens (including phenoxy) is 3. The van der Waals surface area contributed by atoms with Crippen LogP contribution in [0.15, 0.2) is 12.7 Å². The van der Waals surface area contributed by atoms with Crippen LogP contribution >= 0.6 is 15.9 Å². The van der Waals surface area contributed by atoms with E-state index < -0.39 is 35.6 Å². The number of carbonyl (C=O) groups is 3. The average molecular weight is 601 g/mol. The lowest BCUT2D eigenvalue weighted by molar-refractivity contribution is -0.154. The molecule has 2 bridgehead atoms. The molecule has 0 aliphatic carbocycles. The molecule has 4 saturated heterocycles. The van der Waals surface area contributed by atoms with Crippen LogP contribution in [-0.2, 0) is 28.6 Å². The number of esters is 1. The SMILES string of the molecule is C=CCN(CCN1CCOCC1)C(=O)[C@@H]1N(CCCCCCO)C(=O)[C@H]2[C@H](C(=O)OCC)[C@H]3O[C@@]12CC3Br. The molecule has 38 heavy (non-hydrogen) atoms. The number of amides is 2. The Labute approximate surface area is 233 Å². The smallest absolute Gasteiger partial charge is 0.312 e. The first-order chi connectivity index (χ1) is 18.4. The van der Waals surface area contributed by atoms with E-state index in [9.17, 15) is 14.4 Å². The molecule has 4 aliphatic rings. The molecule has 1 unspecified atom stereocenters. The molecule has 4 rings (SSSR count). The van der Waals surface area contributed by atoms with Crippen molar-refractivity contribution < 1.29 is 33.7 Å². The Hall–Kier alpha value is -1.53. The first-order valence-electron chi connectivity index (χ1n) is 14.0. The predicted molar refractivity (Wildman–Crippen MR) is 144 cm³/mol. The number of morpholine rings is 1. The van der Waals surface area contributed by atoms with Crippen molar-refractivity contribution in [2.75, 3.05) is 65.7 Å². The summed E-state index contributed by atoms with van der Waals surface area (Å²) in [4.78, 5) is 46.9. The van der Waals surface area contributed by atoms with Gasteiger partial charge in [0.15, 0.2) is 0 Å². The summed E-state index contributed by atoms with van der Waals surface area (Å²) in [5, 5.41) is 9.12. The Morgan fingerprint density at radius 3 is 2.66 bits per heavy atom. The van der Waals surface area contributed by atoms with Gasteiger partial charge in [0, 0.05) is 50.7 Å². The monoisotopic (exact) mass is 599 g/mol. The number of carbonyl (C=O) groups excluding carboxylic acids is 3. The Bertz CT molecular complexity index is 870. The molecule has 4 heterocycles. The van der Waals surface area contributed by atoms with Crippen LogP contribution < -0.4 is 0 Å². The molecule has 4 aliphatic heterocycles. The van der Waals surface area contributed by atoms with Crippen LogP contribution in [0.3, 0.4) is 0 Å². The largest absolute Gasteiger partial charge is 0.466 e. The van der Waals surface area contributed by atoms with E-state index in [-0.39, 0.29) is 29.9 Å². The number of hydrogen-bond acceptors (Lipinski definition) is 8. The van der Waals surface area contributed by atoms with Crippen molar-refractivity contribution in [3.05, 3.63) is 12.7 Å². The fourth-order valence-electron chi connectivity index (χ4n) is 6.61. The maximum absolute atomic E-state index is 14.3. The van der Waals surface area contributed by atoms with Gasteiger partial charge >= 0.3 is 5.97 Å². The quantitative estimate of drug-likeness (QED) is 0.137. The number of fused-ring (bicyclic) bond motifs is 1. The highest BCUT2D eigenvalue weighted by Gasteiger charge is 2.77. The first kappa shape index (κ1) is 29.5. The number of aliphatic hydroxyl groups is 1. The minimum absolute atomic E-state index is 0.137. The highest BCUT2D eigenvalue weighted by atomic mass is 79.9. The number of rotatable bonds is 14. The molecule has 11 heteroatoms. The molecule has 4 fully saturated rings. The molecule has 214 valence electrons. The molecule has 0 radical (unpaired) electrons. The van der Waals surface area contributed by atoms with Crippen LogP contribution in [0.2, 0.25) is 0 Å². The van der Waals surface area contributed by atoms with E-state index in [1.807, 2.05) is 0 Å². The number of aliphatic hydroxyl groups excluding tert-OH is 1. The fraction of sp³-hybridized carbons (Fsp3) is 0.815. The van der Waals surface area contributed by atoms with Crippen molar-refractivity contribution in [1.29, 1.82) is 0 Å². The second kappa shape index (κ2) is 13.2. The number of likely N-dealkylation sites (tertiary alicyclic amines) is 1. The van der Waals surface area contributed by atoms with Gasteiger partial charge in [-0.3, -0.25) is 19.3 Å². The van der Waals surface area contributed by atoms with Crippen molar-refractivity contribution in [3.63, 3.8) is 0 Å². The third kappa shape index (κ3) is 5.68. The van der Waals surface area contributed by atoms with Gasteiger partial charge in [0.05, 0.1) is 37.8 Å². The van der Waals surface area contributed by atoms with Gasteiger partial charge in [0.25, 0.3) is 0 Å². The third-order valence-corrected chi connectivity index (χ3v) is 9.18. The van der Waals surface area contributed by atoms with Gasteiger partial charge in [-0.25, -0.2) is 0 Å². The van der Waals surface area contributed by atoms with Crippen LogP contribution in [-0.4, -0.2) is 126 Å². The molecule has 0 aromatic heterocycles. The normalized spacial score (nSPS) is 32.4. The molecular weight excluding hydrogens is 558 g/mol. The van der Waals surface area contributed by atoms with Crippen LogP contribution in [0.1, 0.15) is 39.0 Å². The van der Waals surface area contributed by atoms with Gasteiger partial charge in [-0.05, 0) is 26.2 Å². The van der Waals surface area contributed by atoms with E-state index in [1.54, 1.807) is 22.8 Å². The first-order valence-corrected chi connectivity index (χ1v) is 14.9. The van der Waals surface area contributed by atoms with Gasteiger partial charge in [0.1, 0.15) is 11.6 Å². The van der Waals surface area contributed by atoms with E-state index in [2.05, 4.69) is 27.4 Å². The zero-order valence-corrected chi connectivity index (χ0v) is 24.0. The Balaban J connectivity index is 1.60. The van der Waals surface area contributed by atoms with Crippen molar-refractivity contribution in [3.8, 4) is 0 Å². The molecule has 10 nitrogen and oxygen atoms in total. The average Bonchev–Trinajstić information content (AvgIpc) is 3.50. The highest BCUT2D eigenvalue weighted by Crippen LogP contribution is 2.60. The predicted octanol–water partition coefficient (Wildman–Crippen LogP) is 1.20. The summed E-state index contributed by atoms with van der Waals surface area (Å²) in [5.74, 6) is -2.27. The number of halogens is 1. The van der Waals surface area contributed by atoms with E-state index in [0.717, 1.165) is 25.9 Å². The summed E-state index contributed by atoms with van der Waals surface area (Å²) in [7, 11) is 0. The number of unbranched alkanes of at least 4 members (excludes halogenated alkanes) is 3. The maximum Gasteiger partial charge on any atom is 0.312 e. The molecule has 1 spiro atoms. The molecule has 6 atom stereocenters. The summed E-state index contributed by atoms with van der Waals surface area (Å²) < 4.78 is 17.4. The Morgan fingerprint density at radius 2 is 1.97 bits per heavy atom. The van der Waals surface area contributed by atoms with E-state index in [0.29, 0.717) is 58.7 Å². The number of nitrogens with zero attached hydrogens (tertiary/aromatic N) is 3. The molecular formula is C27H42BrN3O7. The Kier molecular flexibility index (Phi) is 10.2. The lowest BCUT2D eigenvalue weighted by atomic mass is 9.70. The molecule has 1 N–H and O–H groups in total. The van der Waals surface area contributed by atoms with E-state index in [1.165, 1.54) is 0 Å². The van der Waals surface area contributed by atoms with Gasteiger partial charge < -0.3 is 29.1 Å². The van der Waals surface area contributed by atoms with Crippen LogP contribution in [0, 0.1) is 11.8 Å². The van der Waals surface area contributed by atoms with Crippen molar-refractivity contribution in [2.24, 2.45) is 11.8 Å². The summed E-state index contributed by atoms with van der Waals surface area (Å²) in [6.45, 7) is 10.9. The lowest BCUT2D eigenvalue weighted by Gasteiger charge is -2.38. The van der Waals surface area contributed by atoms with Crippen LogP contribution in [0.4, 0.5) is 0 Å². The van der Waals surface area contributed by atoms with E-state index >= 15 is 0 Å². The summed E-state index contributed by atoms with van der Waals surface area (Å²) in [6, 6.07) is -0.813. The van der Waals surface area contributed by atoms with Gasteiger partial charge in [0.2, 0.25) is 11.8 Å². The Morgan fingerprint density at radius 1 is 1.24 bits per heavy atom. The summed E-state index contributed by atoms with van der Waals surface area (Å²) >= 11 is 3.69. The zero-order valence-electron chi connectivity index (χ0n) is 22.4. The molecule has 2 amide bonds. The van der Waals surface area contributed by atoms with Crippen molar-refractivity contribution in [2.45, 2.75) is 61.6 Å². The van der Waals surface area contributed by atoms with Crippen LogP contribution in [0.25, 0.3) is 0 Å². The van der Waals surface area contributed by atoms with Gasteiger partial charge in [-0.1, -0.05) is 34.8 Å². The third-order valence-electron chi connectivity index (χ3n) is 8.34. The zero-order chi connectivity index (χ0) is 27.3. The number of alkyl halides is 1. The second-order valence-electron chi connectivity index (χ2n) is 10.6. The lowest BCUT2D eigenvalue weighted by Crippen LogP contribution is -2.57. The summed E-state index contributed by atoms with van der Waals surface area (Å²) in [5.41, 5.74) is -1.08.